The molecule has 2 heteroatoms. The molecular weight excluding hydrogens is 619 g/mol. The van der Waals surface area contributed by atoms with Crippen LogP contribution in [0.4, 0.5) is 17.1 Å². The largest absolute Gasteiger partial charge is 0.456 e. The Kier molecular flexibility index (Phi) is 6.92. The number of benzene rings is 9. The minimum absolute atomic E-state index is 0.0799. The molecule has 1 aromatic heterocycles. The van der Waals surface area contributed by atoms with Crippen molar-refractivity contribution in [2.45, 2.75) is 5.92 Å². The molecule has 10 rings (SSSR count). The first-order chi connectivity index (χ1) is 25.3. The predicted octanol–water partition coefficient (Wildman–Crippen LogP) is 13.7. The summed E-state index contributed by atoms with van der Waals surface area (Å²) in [6, 6.07) is 69.9. The van der Waals surface area contributed by atoms with Crippen molar-refractivity contribution in [2.24, 2.45) is 0 Å². The fourth-order valence-electron chi connectivity index (χ4n) is 8.03. The molecule has 1 atom stereocenters. The van der Waals surface area contributed by atoms with Crippen LogP contribution in [0.25, 0.3) is 54.3 Å². The molecule has 2 nitrogen and oxygen atoms in total. The van der Waals surface area contributed by atoms with Crippen LogP contribution < -0.4 is 4.90 Å². The van der Waals surface area contributed by atoms with Crippen LogP contribution in [0.3, 0.4) is 0 Å². The number of fused-ring (bicyclic) bond motifs is 6. The molecule has 0 saturated carbocycles. The Balaban J connectivity index is 1.36. The van der Waals surface area contributed by atoms with Gasteiger partial charge in [0.2, 0.25) is 0 Å². The highest BCUT2D eigenvalue weighted by Gasteiger charge is 2.30. The van der Waals surface area contributed by atoms with Gasteiger partial charge in [0.15, 0.2) is 0 Å². The Hall–Kier alpha value is -6.64. The highest BCUT2D eigenvalue weighted by Crippen LogP contribution is 2.52. The van der Waals surface area contributed by atoms with Crippen LogP contribution in [-0.4, -0.2) is 0 Å². The lowest BCUT2D eigenvalue weighted by Crippen LogP contribution is -2.12. The Morgan fingerprint density at radius 3 is 1.71 bits per heavy atom. The lowest BCUT2D eigenvalue weighted by Gasteiger charge is -2.30. The zero-order valence-electron chi connectivity index (χ0n) is 27.9. The number of hydrogen-bond donors (Lipinski definition) is 0. The molecule has 0 fully saturated rings. The molecule has 0 aliphatic carbocycles. The molecule has 0 saturated heterocycles. The number of furan rings is 1. The maximum Gasteiger partial charge on any atom is 0.142 e. The zero-order valence-corrected chi connectivity index (χ0v) is 27.9. The van der Waals surface area contributed by atoms with Crippen molar-refractivity contribution in [3.63, 3.8) is 0 Å². The summed E-state index contributed by atoms with van der Waals surface area (Å²) in [6.07, 6.45) is 0. The van der Waals surface area contributed by atoms with E-state index in [1.807, 2.05) is 0 Å². The highest BCUT2D eigenvalue weighted by molar-refractivity contribution is 6.24. The summed E-state index contributed by atoms with van der Waals surface area (Å²) in [4.78, 5) is 2.43. The average Bonchev–Trinajstić information content (AvgIpc) is 3.59. The smallest absolute Gasteiger partial charge is 0.142 e. The quantitative estimate of drug-likeness (QED) is 0.166. The first-order valence-electron chi connectivity index (χ1n) is 17.6. The molecule has 9 aromatic carbocycles. The first kappa shape index (κ1) is 29.3. The molecule has 0 aliphatic rings. The van der Waals surface area contributed by atoms with Crippen molar-refractivity contribution in [3.05, 3.63) is 211 Å². The number of para-hydroxylation sites is 2. The van der Waals surface area contributed by atoms with Crippen molar-refractivity contribution in [1.29, 1.82) is 0 Å². The fourth-order valence-corrected chi connectivity index (χ4v) is 8.03. The Labute approximate surface area is 296 Å². The third-order valence-electron chi connectivity index (χ3n) is 10.3. The van der Waals surface area contributed by atoms with Gasteiger partial charge in [-0.3, -0.25) is 0 Å². The fraction of sp³-hybridized carbons (Fsp3) is 0.0204. The van der Waals surface area contributed by atoms with Gasteiger partial charge in [0.1, 0.15) is 11.2 Å². The molecule has 240 valence electrons. The van der Waals surface area contributed by atoms with Crippen LogP contribution in [0.15, 0.2) is 199 Å². The van der Waals surface area contributed by atoms with Crippen molar-refractivity contribution in [2.75, 3.05) is 4.90 Å². The maximum atomic E-state index is 7.11. The lowest BCUT2D eigenvalue weighted by molar-refractivity contribution is 0.662. The number of anilines is 3. The van der Waals surface area contributed by atoms with Gasteiger partial charge in [-0.15, -0.1) is 0 Å². The number of rotatable bonds is 6. The van der Waals surface area contributed by atoms with E-state index in [-0.39, 0.29) is 5.92 Å². The minimum atomic E-state index is -0.0799. The SMILES string of the molecule is c1ccc(C(c2ccc3ccccc3c2)c2c3ccccc3c(N(c3ccccc3)c3ccc4ccccc4c3)c3c2oc2ccccc23)cc1. The van der Waals surface area contributed by atoms with E-state index in [0.717, 1.165) is 39.0 Å². The molecule has 0 N–H and O–H groups in total. The molecule has 0 aliphatic heterocycles. The van der Waals surface area contributed by atoms with Crippen LogP contribution >= 0.6 is 0 Å². The topological polar surface area (TPSA) is 16.4 Å². The van der Waals surface area contributed by atoms with Gasteiger partial charge < -0.3 is 9.32 Å². The monoisotopic (exact) mass is 651 g/mol. The van der Waals surface area contributed by atoms with Crippen molar-refractivity contribution in [3.8, 4) is 0 Å². The molecule has 51 heavy (non-hydrogen) atoms. The standard InChI is InChI=1S/C49H33NO/c1-3-17-35(18-4-1)45(38-28-27-33-15-7-9-19-36(33)31-38)46-41-23-11-12-24-42(41)48(47-43-25-13-14-26-44(43)51-49(46)47)50(39-21-5-2-6-22-39)40-30-29-34-16-8-10-20-37(34)32-40/h1-32,45H. The predicted molar refractivity (Wildman–Crippen MR) is 215 cm³/mol. The normalized spacial score (nSPS) is 12.2. The van der Waals surface area contributed by atoms with Crippen LogP contribution in [0, 0.1) is 0 Å². The summed E-state index contributed by atoms with van der Waals surface area (Å²) < 4.78 is 7.11. The summed E-state index contributed by atoms with van der Waals surface area (Å²) in [5.41, 5.74) is 8.71. The van der Waals surface area contributed by atoms with Crippen molar-refractivity contribution >= 4 is 71.3 Å². The maximum absolute atomic E-state index is 7.11. The zero-order chi connectivity index (χ0) is 33.7. The van der Waals surface area contributed by atoms with Crippen LogP contribution in [0.1, 0.15) is 22.6 Å². The second-order valence-electron chi connectivity index (χ2n) is 13.3. The molecule has 0 spiro atoms. The van der Waals surface area contributed by atoms with Gasteiger partial charge in [0.05, 0.1) is 11.1 Å². The Morgan fingerprint density at radius 2 is 0.961 bits per heavy atom. The van der Waals surface area contributed by atoms with Gasteiger partial charge in [-0.1, -0.05) is 164 Å². The number of hydrogen-bond acceptors (Lipinski definition) is 2. The number of nitrogens with zero attached hydrogens (tertiary/aromatic N) is 1. The van der Waals surface area contributed by atoms with Crippen molar-refractivity contribution in [1.82, 2.24) is 0 Å². The van der Waals surface area contributed by atoms with E-state index in [4.69, 9.17) is 4.42 Å². The summed E-state index contributed by atoms with van der Waals surface area (Å²) >= 11 is 0. The van der Waals surface area contributed by atoms with E-state index in [1.54, 1.807) is 0 Å². The summed E-state index contributed by atoms with van der Waals surface area (Å²) in [6.45, 7) is 0. The van der Waals surface area contributed by atoms with Gasteiger partial charge in [-0.25, -0.2) is 0 Å². The van der Waals surface area contributed by atoms with E-state index in [2.05, 4.69) is 199 Å². The highest BCUT2D eigenvalue weighted by atomic mass is 16.3. The molecule has 0 bridgehead atoms. The molecule has 1 heterocycles. The van der Waals surface area contributed by atoms with Gasteiger partial charge in [-0.05, 0) is 68.4 Å². The average molecular weight is 652 g/mol. The van der Waals surface area contributed by atoms with E-state index in [1.165, 1.54) is 49.0 Å². The van der Waals surface area contributed by atoms with E-state index >= 15 is 0 Å². The van der Waals surface area contributed by atoms with Crippen molar-refractivity contribution < 1.29 is 4.42 Å². The van der Waals surface area contributed by atoms with Gasteiger partial charge in [-0.2, -0.15) is 0 Å². The Morgan fingerprint density at radius 1 is 0.392 bits per heavy atom. The minimum Gasteiger partial charge on any atom is -0.456 e. The van der Waals surface area contributed by atoms with Crippen LogP contribution in [0.2, 0.25) is 0 Å². The molecule has 0 radical (unpaired) electrons. The van der Waals surface area contributed by atoms with Gasteiger partial charge >= 0.3 is 0 Å². The summed E-state index contributed by atoms with van der Waals surface area (Å²) in [5.74, 6) is -0.0799. The van der Waals surface area contributed by atoms with Crippen LogP contribution in [0.5, 0.6) is 0 Å². The molecular formula is C49H33NO. The van der Waals surface area contributed by atoms with E-state index in [0.29, 0.717) is 0 Å². The van der Waals surface area contributed by atoms with E-state index in [9.17, 15) is 0 Å². The second kappa shape index (κ2) is 12.0. The third-order valence-corrected chi connectivity index (χ3v) is 10.3. The first-order valence-corrected chi connectivity index (χ1v) is 17.6. The van der Waals surface area contributed by atoms with E-state index < -0.39 is 0 Å². The molecule has 1 unspecified atom stereocenters. The summed E-state index contributed by atoms with van der Waals surface area (Å²) in [7, 11) is 0. The van der Waals surface area contributed by atoms with Gasteiger partial charge in [0, 0.05) is 33.6 Å². The van der Waals surface area contributed by atoms with Crippen LogP contribution in [-0.2, 0) is 0 Å². The molecule has 0 amide bonds. The van der Waals surface area contributed by atoms with Gasteiger partial charge in [0.25, 0.3) is 0 Å². The second-order valence-corrected chi connectivity index (χ2v) is 13.3. The molecule has 10 aromatic rings. The summed E-state index contributed by atoms with van der Waals surface area (Å²) in [5, 5.41) is 9.42. The third kappa shape index (κ3) is 4.87. The Bertz CT molecular complexity index is 2870. The lowest BCUT2D eigenvalue weighted by atomic mass is 9.80.